The molecule has 2 nitrogen and oxygen atoms in total. The van der Waals surface area contributed by atoms with Crippen LogP contribution >= 0.6 is 15.9 Å². The second-order valence-corrected chi connectivity index (χ2v) is 4.80. The summed E-state index contributed by atoms with van der Waals surface area (Å²) >= 11 is 3.14. The number of halogens is 1. The van der Waals surface area contributed by atoms with Crippen molar-refractivity contribution in [2.75, 3.05) is 0 Å². The Morgan fingerprint density at radius 1 is 1.19 bits per heavy atom. The van der Waals surface area contributed by atoms with Crippen LogP contribution in [0.3, 0.4) is 0 Å². The molecule has 2 aromatic rings. The maximum absolute atomic E-state index is 10.7. The van der Waals surface area contributed by atoms with Crippen LogP contribution < -0.4 is 0 Å². The normalized spacial score (nSPS) is 12.6. The summed E-state index contributed by atoms with van der Waals surface area (Å²) in [7, 11) is 0. The molecule has 2 rings (SSSR count). The van der Waals surface area contributed by atoms with E-state index in [9.17, 15) is 4.79 Å². The fraction of sp³-hybridized carbons (Fsp3) is 0.154. The molecule has 0 unspecified atom stereocenters. The second-order valence-electron chi connectivity index (χ2n) is 3.69. The zero-order chi connectivity index (χ0) is 11.5. The zero-order valence-corrected chi connectivity index (χ0v) is 10.1. The van der Waals surface area contributed by atoms with Crippen molar-refractivity contribution in [3.05, 3.63) is 48.0 Å². The third-order valence-electron chi connectivity index (χ3n) is 2.50. The van der Waals surface area contributed by atoms with Crippen molar-refractivity contribution in [1.82, 2.24) is 0 Å². The predicted octanol–water partition coefficient (Wildman–Crippen LogP) is 3.23. The first-order valence-corrected chi connectivity index (χ1v) is 5.93. The minimum absolute atomic E-state index is 0.500. The summed E-state index contributed by atoms with van der Waals surface area (Å²) in [6.07, 6.45) is 0.500. The molecule has 0 aliphatic carbocycles. The predicted molar refractivity (Wildman–Crippen MR) is 68.0 cm³/mol. The largest absolute Gasteiger partial charge is 0.480 e. The molecule has 16 heavy (non-hydrogen) atoms. The van der Waals surface area contributed by atoms with Crippen LogP contribution in [0, 0.1) is 0 Å². The van der Waals surface area contributed by atoms with Gasteiger partial charge in [-0.1, -0.05) is 58.4 Å². The molecule has 1 atom stereocenters. The number of carboxylic acid groups (broad SMARTS) is 1. The summed E-state index contributed by atoms with van der Waals surface area (Å²) < 4.78 is 0. The molecule has 0 aliphatic rings. The van der Waals surface area contributed by atoms with Gasteiger partial charge in [0, 0.05) is 0 Å². The minimum atomic E-state index is -0.826. The highest BCUT2D eigenvalue weighted by Gasteiger charge is 2.13. The van der Waals surface area contributed by atoms with E-state index in [1.165, 1.54) is 5.39 Å². The molecule has 0 fully saturated rings. The van der Waals surface area contributed by atoms with Crippen molar-refractivity contribution in [3.8, 4) is 0 Å². The monoisotopic (exact) mass is 278 g/mol. The van der Waals surface area contributed by atoms with Crippen molar-refractivity contribution in [1.29, 1.82) is 0 Å². The van der Waals surface area contributed by atoms with E-state index >= 15 is 0 Å². The molecular weight excluding hydrogens is 268 g/mol. The molecule has 0 saturated carbocycles. The molecule has 0 amide bonds. The summed E-state index contributed by atoms with van der Waals surface area (Å²) in [5.74, 6) is -0.826. The molecule has 82 valence electrons. The Morgan fingerprint density at radius 3 is 2.56 bits per heavy atom. The average Bonchev–Trinajstić information content (AvgIpc) is 2.28. The van der Waals surface area contributed by atoms with E-state index in [1.807, 2.05) is 42.5 Å². The highest BCUT2D eigenvalue weighted by atomic mass is 79.9. The van der Waals surface area contributed by atoms with Crippen LogP contribution in [0.4, 0.5) is 0 Å². The number of fused-ring (bicyclic) bond motifs is 1. The molecule has 2 aromatic carbocycles. The van der Waals surface area contributed by atoms with Crippen molar-refractivity contribution in [2.45, 2.75) is 11.2 Å². The molecule has 0 aromatic heterocycles. The molecule has 1 N–H and O–H groups in total. The van der Waals surface area contributed by atoms with E-state index in [-0.39, 0.29) is 0 Å². The van der Waals surface area contributed by atoms with Gasteiger partial charge in [-0.15, -0.1) is 0 Å². The number of alkyl halides is 1. The fourth-order valence-corrected chi connectivity index (χ4v) is 2.03. The molecule has 0 saturated heterocycles. The SMILES string of the molecule is O=C(O)[C@H](Br)Cc1ccc2ccccc2c1. The van der Waals surface area contributed by atoms with Crippen LogP contribution in [0.1, 0.15) is 5.56 Å². The molecule has 0 aliphatic heterocycles. The topological polar surface area (TPSA) is 37.3 Å². The third kappa shape index (κ3) is 2.42. The standard InChI is InChI=1S/C13H11BrO2/c14-12(13(15)16)8-9-5-6-10-3-1-2-4-11(10)7-9/h1-7,12H,8H2,(H,15,16)/t12-/m1/s1. The van der Waals surface area contributed by atoms with Gasteiger partial charge in [0.05, 0.1) is 0 Å². The lowest BCUT2D eigenvalue weighted by molar-refractivity contribution is -0.136. The minimum Gasteiger partial charge on any atom is -0.480 e. The lowest BCUT2D eigenvalue weighted by Crippen LogP contribution is -2.15. The van der Waals surface area contributed by atoms with Gasteiger partial charge in [-0.05, 0) is 22.8 Å². The van der Waals surface area contributed by atoms with Gasteiger partial charge in [0.15, 0.2) is 0 Å². The summed E-state index contributed by atoms with van der Waals surface area (Å²) in [6, 6.07) is 14.1. The summed E-state index contributed by atoms with van der Waals surface area (Å²) in [5, 5.41) is 11.1. The van der Waals surface area contributed by atoms with Gasteiger partial charge in [0.1, 0.15) is 4.83 Å². The second kappa shape index (κ2) is 4.66. The highest BCUT2D eigenvalue weighted by Crippen LogP contribution is 2.18. The number of aliphatic carboxylic acids is 1. The van der Waals surface area contributed by atoms with Crippen LogP contribution in [0.2, 0.25) is 0 Å². The van der Waals surface area contributed by atoms with E-state index in [1.54, 1.807) is 0 Å². The lowest BCUT2D eigenvalue weighted by atomic mass is 10.0. The van der Waals surface area contributed by atoms with E-state index in [0.29, 0.717) is 6.42 Å². The highest BCUT2D eigenvalue weighted by molar-refractivity contribution is 9.10. The first kappa shape index (κ1) is 11.1. The quantitative estimate of drug-likeness (QED) is 0.876. The number of rotatable bonds is 3. The fourth-order valence-electron chi connectivity index (χ4n) is 1.66. The number of benzene rings is 2. The zero-order valence-electron chi connectivity index (χ0n) is 8.56. The summed E-state index contributed by atoms with van der Waals surface area (Å²) in [5.41, 5.74) is 1.03. The van der Waals surface area contributed by atoms with Crippen molar-refractivity contribution >= 4 is 32.7 Å². The van der Waals surface area contributed by atoms with Gasteiger partial charge in [0.25, 0.3) is 0 Å². The Hall–Kier alpha value is -1.35. The third-order valence-corrected chi connectivity index (χ3v) is 3.21. The number of carbonyl (C=O) groups is 1. The van der Waals surface area contributed by atoms with Crippen LogP contribution in [0.25, 0.3) is 10.8 Å². The smallest absolute Gasteiger partial charge is 0.317 e. The van der Waals surface area contributed by atoms with E-state index < -0.39 is 10.8 Å². The van der Waals surface area contributed by atoms with E-state index in [0.717, 1.165) is 10.9 Å². The van der Waals surface area contributed by atoms with Gasteiger partial charge in [-0.3, -0.25) is 4.79 Å². The Morgan fingerprint density at radius 2 is 1.88 bits per heavy atom. The van der Waals surface area contributed by atoms with Crippen molar-refractivity contribution in [3.63, 3.8) is 0 Å². The molecule has 0 bridgehead atoms. The van der Waals surface area contributed by atoms with Crippen LogP contribution in [-0.4, -0.2) is 15.9 Å². The summed E-state index contributed by atoms with van der Waals surface area (Å²) in [4.78, 5) is 10.2. The van der Waals surface area contributed by atoms with Gasteiger partial charge >= 0.3 is 5.97 Å². The van der Waals surface area contributed by atoms with E-state index in [4.69, 9.17) is 5.11 Å². The molecular formula is C13H11BrO2. The number of carboxylic acids is 1. The van der Waals surface area contributed by atoms with Gasteiger partial charge in [0.2, 0.25) is 0 Å². The molecule has 0 spiro atoms. The first-order chi connectivity index (χ1) is 7.66. The van der Waals surface area contributed by atoms with Crippen LogP contribution in [0.15, 0.2) is 42.5 Å². The average molecular weight is 279 g/mol. The van der Waals surface area contributed by atoms with E-state index in [2.05, 4.69) is 15.9 Å². The van der Waals surface area contributed by atoms with Gasteiger partial charge in [-0.25, -0.2) is 0 Å². The Kier molecular flexibility index (Phi) is 3.25. The maximum atomic E-state index is 10.7. The molecule has 0 heterocycles. The van der Waals surface area contributed by atoms with Crippen LogP contribution in [0.5, 0.6) is 0 Å². The van der Waals surface area contributed by atoms with Gasteiger partial charge < -0.3 is 5.11 Å². The molecule has 3 heteroatoms. The van der Waals surface area contributed by atoms with Crippen LogP contribution in [-0.2, 0) is 11.2 Å². The Bertz CT molecular complexity index is 522. The first-order valence-electron chi connectivity index (χ1n) is 5.01. The van der Waals surface area contributed by atoms with Crippen molar-refractivity contribution < 1.29 is 9.90 Å². The maximum Gasteiger partial charge on any atom is 0.317 e. The lowest BCUT2D eigenvalue weighted by Gasteiger charge is -2.06. The molecule has 0 radical (unpaired) electrons. The summed E-state index contributed by atoms with van der Waals surface area (Å²) in [6.45, 7) is 0. The number of hydrogen-bond donors (Lipinski definition) is 1. The Balaban J connectivity index is 2.29. The Labute approximate surface area is 102 Å². The van der Waals surface area contributed by atoms with Gasteiger partial charge in [-0.2, -0.15) is 0 Å². The van der Waals surface area contributed by atoms with Crippen molar-refractivity contribution in [2.24, 2.45) is 0 Å². The number of hydrogen-bond acceptors (Lipinski definition) is 1.